The van der Waals surface area contributed by atoms with Gasteiger partial charge in [-0.15, -0.1) is 0 Å². The van der Waals surface area contributed by atoms with Crippen molar-refractivity contribution in [1.82, 2.24) is 9.88 Å². The van der Waals surface area contributed by atoms with E-state index in [0.717, 1.165) is 32.8 Å². The molecule has 9 heteroatoms. The zero-order valence-corrected chi connectivity index (χ0v) is 14.5. The van der Waals surface area contributed by atoms with Crippen molar-refractivity contribution in [2.75, 3.05) is 50.9 Å². The van der Waals surface area contributed by atoms with Crippen molar-refractivity contribution in [2.24, 2.45) is 5.73 Å². The molecule has 2 N–H and O–H groups in total. The first-order chi connectivity index (χ1) is 12.1. The molecule has 1 aromatic rings. The Kier molecular flexibility index (Phi) is 5.67. The third-order valence-electron chi connectivity index (χ3n) is 4.70. The molecule has 0 aliphatic carbocycles. The van der Waals surface area contributed by atoms with Crippen molar-refractivity contribution in [3.8, 4) is 5.88 Å². The highest BCUT2D eigenvalue weighted by Gasteiger charge is 2.34. The second-order valence-corrected chi connectivity index (χ2v) is 6.47. The van der Waals surface area contributed by atoms with Gasteiger partial charge in [0.1, 0.15) is 5.82 Å². The van der Waals surface area contributed by atoms with E-state index in [1.807, 2.05) is 0 Å². The maximum atomic E-state index is 11.2. The molecule has 2 fully saturated rings. The Morgan fingerprint density at radius 3 is 2.84 bits per heavy atom. The number of aromatic nitrogens is 1. The van der Waals surface area contributed by atoms with Gasteiger partial charge in [0.2, 0.25) is 0 Å². The second-order valence-electron chi connectivity index (χ2n) is 6.47. The zero-order valence-electron chi connectivity index (χ0n) is 14.5. The number of nitrogens with zero attached hydrogens (tertiary/aromatic N) is 4. The summed E-state index contributed by atoms with van der Waals surface area (Å²) in [5.74, 6) is 0.781. The smallest absolute Gasteiger partial charge is 0.331 e. The van der Waals surface area contributed by atoms with Crippen LogP contribution in [-0.2, 0) is 4.74 Å². The van der Waals surface area contributed by atoms with Crippen LogP contribution in [0.25, 0.3) is 0 Å². The molecule has 3 heterocycles. The molecule has 1 unspecified atom stereocenters. The van der Waals surface area contributed by atoms with E-state index in [1.54, 1.807) is 6.07 Å². The van der Waals surface area contributed by atoms with Crippen LogP contribution in [0.2, 0.25) is 0 Å². The van der Waals surface area contributed by atoms with Gasteiger partial charge in [-0.25, -0.2) is 0 Å². The first-order valence-corrected chi connectivity index (χ1v) is 8.67. The summed E-state index contributed by atoms with van der Waals surface area (Å²) in [6.45, 7) is 7.17. The Balaban J connectivity index is 1.71. The minimum absolute atomic E-state index is 0.0680. The number of hydrogen-bond donors (Lipinski definition) is 1. The monoisotopic (exact) mass is 351 g/mol. The van der Waals surface area contributed by atoms with Crippen LogP contribution in [0.15, 0.2) is 12.1 Å². The lowest BCUT2D eigenvalue weighted by Gasteiger charge is -2.46. The average molecular weight is 351 g/mol. The SMILES string of the molecule is CC1CN(c2ccc([N+](=O)[O-])c(OCCCN)n2)CCN1C1COC1. The molecule has 2 aliphatic heterocycles. The van der Waals surface area contributed by atoms with E-state index >= 15 is 0 Å². The molecule has 2 aliphatic rings. The molecule has 3 rings (SSSR count). The van der Waals surface area contributed by atoms with E-state index in [-0.39, 0.29) is 11.6 Å². The fourth-order valence-corrected chi connectivity index (χ4v) is 3.23. The van der Waals surface area contributed by atoms with E-state index in [4.69, 9.17) is 15.2 Å². The van der Waals surface area contributed by atoms with Gasteiger partial charge >= 0.3 is 5.69 Å². The average Bonchev–Trinajstić information content (AvgIpc) is 2.55. The van der Waals surface area contributed by atoms with Gasteiger partial charge in [0.15, 0.2) is 0 Å². The zero-order chi connectivity index (χ0) is 17.8. The third-order valence-corrected chi connectivity index (χ3v) is 4.70. The maximum absolute atomic E-state index is 11.2. The predicted octanol–water partition coefficient (Wildman–Crippen LogP) is 0.627. The lowest BCUT2D eigenvalue weighted by atomic mass is 10.1. The summed E-state index contributed by atoms with van der Waals surface area (Å²) in [4.78, 5) is 19.7. The quantitative estimate of drug-likeness (QED) is 0.433. The van der Waals surface area contributed by atoms with Crippen LogP contribution in [-0.4, -0.2) is 72.9 Å². The van der Waals surface area contributed by atoms with Gasteiger partial charge in [-0.05, 0) is 26.0 Å². The van der Waals surface area contributed by atoms with E-state index in [0.29, 0.717) is 37.5 Å². The van der Waals surface area contributed by atoms with E-state index in [1.165, 1.54) is 6.07 Å². The van der Waals surface area contributed by atoms with E-state index in [9.17, 15) is 10.1 Å². The van der Waals surface area contributed by atoms with Crippen molar-refractivity contribution >= 4 is 11.5 Å². The van der Waals surface area contributed by atoms with Crippen molar-refractivity contribution in [3.05, 3.63) is 22.2 Å². The first-order valence-electron chi connectivity index (χ1n) is 8.67. The highest BCUT2D eigenvalue weighted by Crippen LogP contribution is 2.29. The topological polar surface area (TPSA) is 107 Å². The maximum Gasteiger partial charge on any atom is 0.331 e. The highest BCUT2D eigenvalue weighted by molar-refractivity contribution is 5.51. The minimum atomic E-state index is -0.467. The number of pyridine rings is 1. The summed E-state index contributed by atoms with van der Waals surface area (Å²) < 4.78 is 10.8. The van der Waals surface area contributed by atoms with Crippen LogP contribution in [0.3, 0.4) is 0 Å². The van der Waals surface area contributed by atoms with E-state index in [2.05, 4.69) is 21.7 Å². The van der Waals surface area contributed by atoms with Crippen LogP contribution in [0.5, 0.6) is 5.88 Å². The van der Waals surface area contributed by atoms with Crippen molar-refractivity contribution in [2.45, 2.75) is 25.4 Å². The lowest BCUT2D eigenvalue weighted by Crippen LogP contribution is -2.60. The van der Waals surface area contributed by atoms with Crippen molar-refractivity contribution in [1.29, 1.82) is 0 Å². The molecule has 0 radical (unpaired) electrons. The Hall–Kier alpha value is -1.97. The van der Waals surface area contributed by atoms with Gasteiger partial charge in [-0.2, -0.15) is 4.98 Å². The standard InChI is InChI=1S/C16H25N5O4/c1-12-9-19(6-7-20(12)13-10-24-11-13)15-4-3-14(21(22)23)16(18-15)25-8-2-5-17/h3-4,12-13H,2,5-11,17H2,1H3. The van der Waals surface area contributed by atoms with Gasteiger partial charge in [0, 0.05) is 31.7 Å². The first kappa shape index (κ1) is 17.8. The largest absolute Gasteiger partial charge is 0.473 e. The molecule has 1 aromatic heterocycles. The number of nitrogens with two attached hydrogens (primary N) is 1. The molecule has 0 amide bonds. The summed E-state index contributed by atoms with van der Waals surface area (Å²) in [7, 11) is 0. The highest BCUT2D eigenvalue weighted by atomic mass is 16.6. The summed E-state index contributed by atoms with van der Waals surface area (Å²) in [6.07, 6.45) is 0.627. The van der Waals surface area contributed by atoms with Gasteiger partial charge in [-0.1, -0.05) is 0 Å². The third kappa shape index (κ3) is 4.00. The number of hydrogen-bond acceptors (Lipinski definition) is 8. The molecular formula is C16H25N5O4. The van der Waals surface area contributed by atoms with Crippen LogP contribution < -0.4 is 15.4 Å². The molecule has 1 atom stereocenters. The normalized spacial score (nSPS) is 21.8. The molecule has 25 heavy (non-hydrogen) atoms. The molecule has 0 spiro atoms. The summed E-state index contributed by atoms with van der Waals surface area (Å²) in [6, 6.07) is 4.05. The van der Waals surface area contributed by atoms with Crippen molar-refractivity contribution in [3.63, 3.8) is 0 Å². The molecule has 2 saturated heterocycles. The van der Waals surface area contributed by atoms with Gasteiger partial charge in [0.25, 0.3) is 5.88 Å². The molecule has 0 bridgehead atoms. The Morgan fingerprint density at radius 1 is 1.44 bits per heavy atom. The summed E-state index contributed by atoms with van der Waals surface area (Å²) >= 11 is 0. The molecule has 0 aromatic carbocycles. The number of ether oxygens (including phenoxy) is 2. The van der Waals surface area contributed by atoms with Gasteiger partial charge in [0.05, 0.1) is 30.8 Å². The van der Waals surface area contributed by atoms with E-state index < -0.39 is 4.92 Å². The van der Waals surface area contributed by atoms with Crippen LogP contribution >= 0.6 is 0 Å². The minimum Gasteiger partial charge on any atom is -0.473 e. The molecule has 9 nitrogen and oxygen atoms in total. The Morgan fingerprint density at radius 2 is 2.24 bits per heavy atom. The van der Waals surface area contributed by atoms with Crippen LogP contribution in [0, 0.1) is 10.1 Å². The predicted molar refractivity (Wildman–Crippen MR) is 93.0 cm³/mol. The summed E-state index contributed by atoms with van der Waals surface area (Å²) in [5.41, 5.74) is 5.34. The fraction of sp³-hybridized carbons (Fsp3) is 0.688. The number of nitro groups is 1. The van der Waals surface area contributed by atoms with Gasteiger partial charge in [-0.3, -0.25) is 15.0 Å². The van der Waals surface area contributed by atoms with Crippen molar-refractivity contribution < 1.29 is 14.4 Å². The Bertz CT molecular complexity index is 610. The lowest BCUT2D eigenvalue weighted by molar-refractivity contribution is -0.386. The number of piperazine rings is 1. The molecular weight excluding hydrogens is 326 g/mol. The van der Waals surface area contributed by atoms with Crippen LogP contribution in [0.1, 0.15) is 13.3 Å². The second kappa shape index (κ2) is 7.94. The summed E-state index contributed by atoms with van der Waals surface area (Å²) in [5, 5.41) is 11.2. The Labute approximate surface area is 146 Å². The van der Waals surface area contributed by atoms with Gasteiger partial charge < -0.3 is 20.1 Å². The fourth-order valence-electron chi connectivity index (χ4n) is 3.23. The van der Waals surface area contributed by atoms with Crippen LogP contribution in [0.4, 0.5) is 11.5 Å². The molecule has 0 saturated carbocycles. The molecule has 138 valence electrons. The number of rotatable bonds is 7. The number of anilines is 1.